The molecule has 1 aromatic carbocycles. The fraction of sp³-hybridized carbons (Fsp3) is 0.333. The van der Waals surface area contributed by atoms with E-state index in [2.05, 4.69) is 0 Å². The third-order valence-electron chi connectivity index (χ3n) is 1.59. The number of halogens is 2. The second kappa shape index (κ2) is 3.76. The fourth-order valence-corrected chi connectivity index (χ4v) is 1.15. The first-order valence-electron chi connectivity index (χ1n) is 3.74. The topological polar surface area (TPSA) is 9.23 Å². The summed E-state index contributed by atoms with van der Waals surface area (Å²) in [5.74, 6) is 0.155. The van der Waals surface area contributed by atoms with Crippen molar-refractivity contribution in [2.24, 2.45) is 0 Å². The molecule has 0 amide bonds. The third-order valence-corrected chi connectivity index (χ3v) is 1.88. The smallest absolute Gasteiger partial charge is 0.148 e. The number of benzene rings is 1. The molecule has 12 heavy (non-hydrogen) atoms. The standard InChI is InChI=1S/C9H10ClFO/c1-3-12-8-5-4-7(10)9(11)6(8)2/h4-5H,3H2,1-2H3. The predicted octanol–water partition coefficient (Wildman–Crippen LogP) is 3.19. The highest BCUT2D eigenvalue weighted by Crippen LogP contribution is 2.26. The van der Waals surface area contributed by atoms with Crippen LogP contribution in [0.5, 0.6) is 5.75 Å². The van der Waals surface area contributed by atoms with Crippen LogP contribution in [0.4, 0.5) is 4.39 Å². The van der Waals surface area contributed by atoms with Gasteiger partial charge in [0.25, 0.3) is 0 Å². The van der Waals surface area contributed by atoms with Crippen LogP contribution >= 0.6 is 11.6 Å². The maximum Gasteiger partial charge on any atom is 0.148 e. The van der Waals surface area contributed by atoms with Crippen LogP contribution in [-0.4, -0.2) is 6.61 Å². The molecule has 0 heterocycles. The van der Waals surface area contributed by atoms with Crippen molar-refractivity contribution in [3.63, 3.8) is 0 Å². The highest BCUT2D eigenvalue weighted by atomic mass is 35.5. The quantitative estimate of drug-likeness (QED) is 0.693. The summed E-state index contributed by atoms with van der Waals surface area (Å²) < 4.78 is 18.3. The molecule has 0 spiro atoms. The monoisotopic (exact) mass is 188 g/mol. The molecule has 0 aliphatic rings. The first-order chi connectivity index (χ1) is 5.66. The molecule has 0 bridgehead atoms. The SMILES string of the molecule is CCOc1ccc(Cl)c(F)c1C. The molecule has 1 aromatic rings. The Labute approximate surface area is 76.1 Å². The lowest BCUT2D eigenvalue weighted by atomic mass is 10.2. The van der Waals surface area contributed by atoms with E-state index >= 15 is 0 Å². The normalized spacial score (nSPS) is 10.0. The van der Waals surface area contributed by atoms with Crippen molar-refractivity contribution >= 4 is 11.6 Å². The summed E-state index contributed by atoms with van der Waals surface area (Å²) in [6.07, 6.45) is 0. The Morgan fingerprint density at radius 2 is 2.17 bits per heavy atom. The molecule has 0 saturated heterocycles. The number of hydrogen-bond acceptors (Lipinski definition) is 1. The van der Waals surface area contributed by atoms with Crippen LogP contribution in [0, 0.1) is 12.7 Å². The number of rotatable bonds is 2. The van der Waals surface area contributed by atoms with Gasteiger partial charge in [0.2, 0.25) is 0 Å². The van der Waals surface area contributed by atoms with E-state index in [1.165, 1.54) is 6.07 Å². The Morgan fingerprint density at radius 1 is 1.50 bits per heavy atom. The van der Waals surface area contributed by atoms with Gasteiger partial charge in [0.1, 0.15) is 11.6 Å². The summed E-state index contributed by atoms with van der Waals surface area (Å²) >= 11 is 5.56. The predicted molar refractivity (Wildman–Crippen MR) is 47.3 cm³/mol. The maximum atomic E-state index is 13.1. The molecule has 0 saturated carbocycles. The summed E-state index contributed by atoms with van der Waals surface area (Å²) in [5.41, 5.74) is 0.462. The Hall–Kier alpha value is -0.760. The molecule has 66 valence electrons. The van der Waals surface area contributed by atoms with Crippen molar-refractivity contribution < 1.29 is 9.13 Å². The minimum atomic E-state index is -0.400. The second-order valence-electron chi connectivity index (χ2n) is 2.42. The molecule has 0 radical (unpaired) electrons. The van der Waals surface area contributed by atoms with E-state index in [1.807, 2.05) is 6.92 Å². The van der Waals surface area contributed by atoms with Gasteiger partial charge >= 0.3 is 0 Å². The zero-order chi connectivity index (χ0) is 9.14. The van der Waals surface area contributed by atoms with E-state index in [9.17, 15) is 4.39 Å². The summed E-state index contributed by atoms with van der Waals surface area (Å²) in [7, 11) is 0. The van der Waals surface area contributed by atoms with Crippen molar-refractivity contribution in [3.8, 4) is 5.75 Å². The minimum absolute atomic E-state index is 0.135. The fourth-order valence-electron chi connectivity index (χ4n) is 0.946. The summed E-state index contributed by atoms with van der Waals surface area (Å²) in [5, 5.41) is 0.135. The molecule has 0 aliphatic heterocycles. The van der Waals surface area contributed by atoms with Gasteiger partial charge in [-0.1, -0.05) is 11.6 Å². The summed E-state index contributed by atoms with van der Waals surface area (Å²) in [4.78, 5) is 0. The van der Waals surface area contributed by atoms with Gasteiger partial charge in [0, 0.05) is 5.56 Å². The van der Waals surface area contributed by atoms with Crippen LogP contribution in [0.15, 0.2) is 12.1 Å². The Kier molecular flexibility index (Phi) is 2.93. The summed E-state index contributed by atoms with van der Waals surface area (Å²) in [6, 6.07) is 3.17. The first-order valence-corrected chi connectivity index (χ1v) is 4.12. The van der Waals surface area contributed by atoms with Crippen molar-refractivity contribution in [1.29, 1.82) is 0 Å². The summed E-state index contributed by atoms with van der Waals surface area (Å²) in [6.45, 7) is 4.03. The van der Waals surface area contributed by atoms with E-state index in [0.717, 1.165) is 0 Å². The molecule has 0 N–H and O–H groups in total. The first kappa shape index (κ1) is 9.33. The van der Waals surface area contributed by atoms with Gasteiger partial charge in [0.15, 0.2) is 0 Å². The number of hydrogen-bond donors (Lipinski definition) is 0. The molecule has 0 unspecified atom stereocenters. The molecule has 0 aromatic heterocycles. The zero-order valence-electron chi connectivity index (χ0n) is 7.03. The molecule has 0 fully saturated rings. The molecular weight excluding hydrogens is 179 g/mol. The van der Waals surface area contributed by atoms with E-state index < -0.39 is 5.82 Å². The van der Waals surface area contributed by atoms with E-state index in [4.69, 9.17) is 16.3 Å². The van der Waals surface area contributed by atoms with Crippen LogP contribution in [0.3, 0.4) is 0 Å². The second-order valence-corrected chi connectivity index (χ2v) is 2.82. The lowest BCUT2D eigenvalue weighted by Gasteiger charge is -2.07. The molecule has 1 nitrogen and oxygen atoms in total. The zero-order valence-corrected chi connectivity index (χ0v) is 7.78. The van der Waals surface area contributed by atoms with Crippen LogP contribution in [0.25, 0.3) is 0 Å². The van der Waals surface area contributed by atoms with Gasteiger partial charge < -0.3 is 4.74 Å². The van der Waals surface area contributed by atoms with E-state index in [0.29, 0.717) is 17.9 Å². The number of ether oxygens (including phenoxy) is 1. The Morgan fingerprint density at radius 3 is 2.75 bits per heavy atom. The van der Waals surface area contributed by atoms with Crippen LogP contribution < -0.4 is 4.74 Å². The highest BCUT2D eigenvalue weighted by Gasteiger charge is 2.07. The van der Waals surface area contributed by atoms with Gasteiger partial charge in [-0.3, -0.25) is 0 Å². The molecule has 3 heteroatoms. The Balaban J connectivity index is 3.08. The van der Waals surface area contributed by atoms with Gasteiger partial charge in [-0.25, -0.2) is 4.39 Å². The van der Waals surface area contributed by atoms with Crippen molar-refractivity contribution in [2.45, 2.75) is 13.8 Å². The Bertz CT molecular complexity index is 286. The lowest BCUT2D eigenvalue weighted by Crippen LogP contribution is -1.96. The average molecular weight is 189 g/mol. The molecule has 0 atom stereocenters. The van der Waals surface area contributed by atoms with E-state index in [-0.39, 0.29) is 5.02 Å². The molecule has 0 aliphatic carbocycles. The van der Waals surface area contributed by atoms with Gasteiger partial charge in [-0.2, -0.15) is 0 Å². The van der Waals surface area contributed by atoms with Crippen molar-refractivity contribution in [1.82, 2.24) is 0 Å². The van der Waals surface area contributed by atoms with Crippen LogP contribution in [-0.2, 0) is 0 Å². The van der Waals surface area contributed by atoms with Crippen molar-refractivity contribution in [2.75, 3.05) is 6.61 Å². The third kappa shape index (κ3) is 1.69. The average Bonchev–Trinajstić information content (AvgIpc) is 2.07. The van der Waals surface area contributed by atoms with Crippen molar-refractivity contribution in [3.05, 3.63) is 28.5 Å². The van der Waals surface area contributed by atoms with Crippen LogP contribution in [0.2, 0.25) is 5.02 Å². The largest absolute Gasteiger partial charge is 0.493 e. The van der Waals surface area contributed by atoms with Gasteiger partial charge in [-0.15, -0.1) is 0 Å². The van der Waals surface area contributed by atoms with Crippen LogP contribution in [0.1, 0.15) is 12.5 Å². The minimum Gasteiger partial charge on any atom is -0.493 e. The van der Waals surface area contributed by atoms with Gasteiger partial charge in [-0.05, 0) is 26.0 Å². The van der Waals surface area contributed by atoms with E-state index in [1.54, 1.807) is 13.0 Å². The lowest BCUT2D eigenvalue weighted by molar-refractivity contribution is 0.335. The maximum absolute atomic E-state index is 13.1. The van der Waals surface area contributed by atoms with Gasteiger partial charge in [0.05, 0.1) is 11.6 Å². The highest BCUT2D eigenvalue weighted by molar-refractivity contribution is 6.30. The molecule has 1 rings (SSSR count). The molecular formula is C9H10ClFO.